The molecule has 5 rings (SSSR count). The molecule has 1 aliphatic heterocycles. The maximum Gasteiger partial charge on any atom is 0.397 e. The molecule has 0 bridgehead atoms. The average molecular weight is 670 g/mol. The van der Waals surface area contributed by atoms with Gasteiger partial charge in [-0.25, -0.2) is 4.18 Å². The molecule has 10 nitrogen and oxygen atoms in total. The van der Waals surface area contributed by atoms with Gasteiger partial charge in [-0.1, -0.05) is 53.9 Å². The van der Waals surface area contributed by atoms with E-state index in [9.17, 15) is 33.4 Å². The zero-order valence-electron chi connectivity index (χ0n) is 28.3. The molecule has 5 aliphatic rings. The largest absolute Gasteiger partial charge is 0.397 e. The van der Waals surface area contributed by atoms with Crippen molar-refractivity contribution in [1.29, 1.82) is 0 Å². The van der Waals surface area contributed by atoms with Gasteiger partial charge in [0.05, 0.1) is 18.8 Å². The Bertz CT molecular complexity index is 1090. The Kier molecular flexibility index (Phi) is 12.7. The van der Waals surface area contributed by atoms with E-state index in [-0.39, 0.29) is 46.3 Å². The van der Waals surface area contributed by atoms with Crippen molar-refractivity contribution in [3.8, 4) is 0 Å². The fourth-order valence-corrected chi connectivity index (χ4v) is 11.5. The first kappa shape index (κ1) is 38.4. The number of rotatable bonds is 10. The molecule has 257 valence electrons. The summed E-state index contributed by atoms with van der Waals surface area (Å²) < 4.78 is 50.2. The van der Waals surface area contributed by atoms with E-state index < -0.39 is 59.9 Å². The Labute approximate surface area is 292 Å². The van der Waals surface area contributed by atoms with Crippen LogP contribution in [0.4, 0.5) is 0 Å². The molecule has 1 radical (unpaired) electrons. The molecule has 4 saturated carbocycles. The van der Waals surface area contributed by atoms with Crippen LogP contribution in [-0.4, -0.2) is 112 Å². The SMILES string of the molecule is CC(C)CCCC(C)C1CCC2C3CC(OC4OC(CO)C(O)C(O)C4O)C4C[C@@H](OS(=O)(=O)O)CC[C@]4(C)C3CC[C@]12C.[Na]. The molecule has 12 unspecified atom stereocenters. The van der Waals surface area contributed by atoms with Gasteiger partial charge in [0.15, 0.2) is 6.29 Å². The normalized spacial score (nSPS) is 47.4. The monoisotopic (exact) mass is 669 g/mol. The van der Waals surface area contributed by atoms with Crippen LogP contribution < -0.4 is 0 Å². The van der Waals surface area contributed by atoms with Crippen molar-refractivity contribution < 1.29 is 47.1 Å². The molecule has 15 atom stereocenters. The molecule has 4 aliphatic carbocycles. The Hall–Kier alpha value is 0.630. The van der Waals surface area contributed by atoms with Gasteiger partial charge >= 0.3 is 10.4 Å². The van der Waals surface area contributed by atoms with E-state index in [0.29, 0.717) is 48.9 Å². The molecule has 1 heterocycles. The minimum absolute atomic E-state index is 0. The van der Waals surface area contributed by atoms with Crippen LogP contribution in [0.5, 0.6) is 0 Å². The topological polar surface area (TPSA) is 163 Å². The standard InChI is InChI=1S/C33H58O10S.Na/c1-18(2)7-6-8-19(3)22-9-10-23-21-16-26(41-31-30(37)29(36)28(35)27(17-34)42-31)25-15-20(43-44(38,39)40)11-13-33(25,5)24(21)12-14-32(22,23)4;/h18-31,34-37H,6-17H2,1-5H3,(H,38,39,40);/t19?,20-,21?,22?,23?,24?,25?,26?,27?,28?,29?,30?,31?,32+,33+;/m0./s1. The third-order valence-corrected chi connectivity index (χ3v) is 13.7. The van der Waals surface area contributed by atoms with E-state index in [1.54, 1.807) is 0 Å². The number of ether oxygens (including phenoxy) is 2. The van der Waals surface area contributed by atoms with Gasteiger partial charge in [-0.05, 0) is 104 Å². The predicted octanol–water partition coefficient (Wildman–Crippen LogP) is 3.71. The van der Waals surface area contributed by atoms with Crippen LogP contribution in [0.1, 0.15) is 105 Å². The summed E-state index contributed by atoms with van der Waals surface area (Å²) in [5.41, 5.74) is 0.0592. The van der Waals surface area contributed by atoms with Gasteiger partial charge in [0.25, 0.3) is 0 Å². The molecule has 1 saturated heterocycles. The number of hydrogen-bond acceptors (Lipinski definition) is 9. The quantitative estimate of drug-likeness (QED) is 0.132. The van der Waals surface area contributed by atoms with Crippen LogP contribution in [0.25, 0.3) is 0 Å². The number of aliphatic hydroxyl groups is 4. The number of aliphatic hydroxyl groups excluding tert-OH is 4. The molecule has 0 aromatic rings. The van der Waals surface area contributed by atoms with Gasteiger partial charge in [-0.2, -0.15) is 8.42 Å². The summed E-state index contributed by atoms with van der Waals surface area (Å²) >= 11 is 0. The maximum atomic E-state index is 11.7. The van der Waals surface area contributed by atoms with Gasteiger partial charge in [-0.3, -0.25) is 4.55 Å². The van der Waals surface area contributed by atoms with Crippen molar-refractivity contribution in [3.63, 3.8) is 0 Å². The summed E-state index contributed by atoms with van der Waals surface area (Å²) in [7, 11) is -4.62. The average Bonchev–Trinajstić information content (AvgIpc) is 3.30. The molecule has 0 aromatic heterocycles. The Morgan fingerprint density at radius 1 is 0.867 bits per heavy atom. The minimum Gasteiger partial charge on any atom is -0.394 e. The zero-order valence-corrected chi connectivity index (χ0v) is 31.1. The Balaban J connectivity index is 0.00000461. The summed E-state index contributed by atoms with van der Waals surface area (Å²) in [5, 5.41) is 41.5. The van der Waals surface area contributed by atoms with Crippen molar-refractivity contribution >= 4 is 40.0 Å². The minimum atomic E-state index is -4.62. The zero-order chi connectivity index (χ0) is 32.2. The van der Waals surface area contributed by atoms with Crippen LogP contribution in [0.2, 0.25) is 0 Å². The molecule has 5 N–H and O–H groups in total. The van der Waals surface area contributed by atoms with E-state index in [1.165, 1.54) is 38.5 Å². The van der Waals surface area contributed by atoms with Crippen LogP contribution in [0.3, 0.4) is 0 Å². The Morgan fingerprint density at radius 2 is 1.53 bits per heavy atom. The van der Waals surface area contributed by atoms with Crippen molar-refractivity contribution in [2.24, 2.45) is 52.3 Å². The van der Waals surface area contributed by atoms with Gasteiger partial charge in [0, 0.05) is 29.6 Å². The molecule has 0 spiro atoms. The number of fused-ring (bicyclic) bond motifs is 5. The summed E-state index contributed by atoms with van der Waals surface area (Å²) in [6.45, 7) is 11.3. The van der Waals surface area contributed by atoms with Crippen molar-refractivity contribution in [3.05, 3.63) is 0 Å². The second kappa shape index (κ2) is 14.9. The third kappa shape index (κ3) is 7.70. The van der Waals surface area contributed by atoms with E-state index in [2.05, 4.69) is 34.6 Å². The van der Waals surface area contributed by atoms with Gasteiger partial charge in [0.2, 0.25) is 0 Å². The fraction of sp³-hybridized carbons (Fsp3) is 1.00. The first-order chi connectivity index (χ1) is 20.6. The van der Waals surface area contributed by atoms with Gasteiger partial charge in [-0.15, -0.1) is 0 Å². The summed E-state index contributed by atoms with van der Waals surface area (Å²) in [5.74, 6) is 3.28. The van der Waals surface area contributed by atoms with Crippen LogP contribution in [0.15, 0.2) is 0 Å². The fourth-order valence-electron chi connectivity index (χ4n) is 11.0. The van der Waals surface area contributed by atoms with Crippen molar-refractivity contribution in [2.45, 2.75) is 148 Å². The van der Waals surface area contributed by atoms with E-state index in [0.717, 1.165) is 18.8 Å². The first-order valence-corrected chi connectivity index (χ1v) is 18.6. The van der Waals surface area contributed by atoms with Gasteiger partial charge in [0.1, 0.15) is 24.4 Å². The van der Waals surface area contributed by atoms with E-state index >= 15 is 0 Å². The molecule has 0 amide bonds. The summed E-state index contributed by atoms with van der Waals surface area (Å²) in [6.07, 6.45) is 2.85. The molecular weight excluding hydrogens is 611 g/mol. The van der Waals surface area contributed by atoms with E-state index in [4.69, 9.17) is 13.7 Å². The molecule has 45 heavy (non-hydrogen) atoms. The first-order valence-electron chi connectivity index (χ1n) is 17.2. The summed E-state index contributed by atoms with van der Waals surface area (Å²) in [6, 6.07) is 0. The Morgan fingerprint density at radius 3 is 2.18 bits per heavy atom. The third-order valence-electron chi connectivity index (χ3n) is 13.2. The molecular formula is C33H58NaO10S. The maximum absolute atomic E-state index is 11.7. The van der Waals surface area contributed by atoms with Crippen LogP contribution in [0, 0.1) is 52.3 Å². The van der Waals surface area contributed by atoms with Crippen LogP contribution >= 0.6 is 0 Å². The molecule has 12 heteroatoms. The van der Waals surface area contributed by atoms with Crippen molar-refractivity contribution in [2.75, 3.05) is 6.61 Å². The smallest absolute Gasteiger partial charge is 0.394 e. The summed E-state index contributed by atoms with van der Waals surface area (Å²) in [4.78, 5) is 0. The van der Waals surface area contributed by atoms with Gasteiger partial charge < -0.3 is 29.9 Å². The predicted molar refractivity (Wildman–Crippen MR) is 169 cm³/mol. The molecule has 5 fully saturated rings. The van der Waals surface area contributed by atoms with E-state index in [1.807, 2.05) is 0 Å². The second-order valence-electron chi connectivity index (χ2n) is 16.0. The number of hydrogen-bond donors (Lipinski definition) is 5. The van der Waals surface area contributed by atoms with Crippen molar-refractivity contribution in [1.82, 2.24) is 0 Å². The second-order valence-corrected chi connectivity index (χ2v) is 17.1. The van der Waals surface area contributed by atoms with Crippen LogP contribution in [-0.2, 0) is 24.1 Å². The molecule has 0 aromatic carbocycles.